The van der Waals surface area contributed by atoms with Gasteiger partial charge in [0.25, 0.3) is 0 Å². The van der Waals surface area contributed by atoms with Crippen LogP contribution in [-0.2, 0) is 9.53 Å². The van der Waals surface area contributed by atoms with Gasteiger partial charge in [-0.25, -0.2) is 0 Å². The van der Waals surface area contributed by atoms with Crippen LogP contribution in [0, 0.1) is 11.8 Å². The fourth-order valence-electron chi connectivity index (χ4n) is 3.01. The maximum Gasteiger partial charge on any atom is 0.302 e. The highest BCUT2D eigenvalue weighted by Crippen LogP contribution is 2.36. The van der Waals surface area contributed by atoms with E-state index < -0.39 is 0 Å². The van der Waals surface area contributed by atoms with Crippen LogP contribution in [0.5, 0.6) is 0 Å². The molecule has 0 spiro atoms. The molecule has 0 N–H and O–H groups in total. The van der Waals surface area contributed by atoms with E-state index in [1.807, 2.05) is 0 Å². The van der Waals surface area contributed by atoms with E-state index in [4.69, 9.17) is 4.74 Å². The molecule has 0 aromatic carbocycles. The molecule has 0 amide bonds. The fraction of sp³-hybridized carbons (Fsp3) is 0.909. The van der Waals surface area contributed by atoms with Gasteiger partial charge < -0.3 is 9.64 Å². The van der Waals surface area contributed by atoms with Gasteiger partial charge in [0.1, 0.15) is 6.10 Å². The van der Waals surface area contributed by atoms with Crippen LogP contribution >= 0.6 is 0 Å². The van der Waals surface area contributed by atoms with Crippen molar-refractivity contribution in [1.82, 2.24) is 4.90 Å². The molecule has 3 heteroatoms. The van der Waals surface area contributed by atoms with E-state index in [0.29, 0.717) is 11.8 Å². The standard InChI is InChI=1S/C11H19NO2/c1-8(13)14-11-9-4-3-5-10(11)7-12(2)6-9/h9-11H,3-7H2,1-2H3/t9-,10+,11?. The minimum atomic E-state index is -0.114. The van der Waals surface area contributed by atoms with Crippen molar-refractivity contribution in [2.24, 2.45) is 11.8 Å². The molecule has 1 aliphatic heterocycles. The number of hydrogen-bond acceptors (Lipinski definition) is 3. The molecule has 3 atom stereocenters. The smallest absolute Gasteiger partial charge is 0.302 e. The zero-order valence-corrected chi connectivity index (χ0v) is 9.03. The summed E-state index contributed by atoms with van der Waals surface area (Å²) >= 11 is 0. The quantitative estimate of drug-likeness (QED) is 0.593. The van der Waals surface area contributed by atoms with E-state index in [-0.39, 0.29) is 12.1 Å². The minimum absolute atomic E-state index is 0.114. The molecule has 0 radical (unpaired) electrons. The van der Waals surface area contributed by atoms with Gasteiger partial charge in [0, 0.05) is 31.8 Å². The number of esters is 1. The Morgan fingerprint density at radius 3 is 2.36 bits per heavy atom. The first kappa shape index (κ1) is 9.97. The Balaban J connectivity index is 2.04. The van der Waals surface area contributed by atoms with E-state index in [0.717, 1.165) is 13.1 Å². The van der Waals surface area contributed by atoms with E-state index >= 15 is 0 Å². The second-order valence-electron chi connectivity index (χ2n) is 4.75. The van der Waals surface area contributed by atoms with Gasteiger partial charge in [-0.1, -0.05) is 6.42 Å². The van der Waals surface area contributed by atoms with Gasteiger partial charge in [0.15, 0.2) is 0 Å². The summed E-state index contributed by atoms with van der Waals surface area (Å²) in [7, 11) is 2.16. The highest BCUT2D eigenvalue weighted by atomic mass is 16.5. The second-order valence-corrected chi connectivity index (χ2v) is 4.75. The van der Waals surface area contributed by atoms with Gasteiger partial charge in [-0.2, -0.15) is 0 Å². The van der Waals surface area contributed by atoms with Crippen LogP contribution in [0.4, 0.5) is 0 Å². The lowest BCUT2D eigenvalue weighted by molar-refractivity contribution is -0.160. The molecule has 2 bridgehead atoms. The maximum atomic E-state index is 11.0. The number of piperidine rings is 1. The van der Waals surface area contributed by atoms with Crippen molar-refractivity contribution < 1.29 is 9.53 Å². The van der Waals surface area contributed by atoms with Gasteiger partial charge in [-0.3, -0.25) is 4.79 Å². The molecule has 2 fully saturated rings. The van der Waals surface area contributed by atoms with Gasteiger partial charge in [0.05, 0.1) is 0 Å². The van der Waals surface area contributed by atoms with Crippen LogP contribution in [0.15, 0.2) is 0 Å². The Morgan fingerprint density at radius 1 is 1.29 bits per heavy atom. The van der Waals surface area contributed by atoms with Gasteiger partial charge in [-0.15, -0.1) is 0 Å². The lowest BCUT2D eigenvalue weighted by atomic mass is 9.75. The first-order chi connectivity index (χ1) is 6.66. The summed E-state index contributed by atoms with van der Waals surface area (Å²) in [4.78, 5) is 13.4. The average molecular weight is 197 g/mol. The summed E-state index contributed by atoms with van der Waals surface area (Å²) in [5.74, 6) is 1.05. The maximum absolute atomic E-state index is 11.0. The van der Waals surface area contributed by atoms with E-state index in [2.05, 4.69) is 11.9 Å². The third kappa shape index (κ3) is 1.92. The van der Waals surface area contributed by atoms with E-state index in [1.54, 1.807) is 0 Å². The van der Waals surface area contributed by atoms with E-state index in [1.165, 1.54) is 26.2 Å². The summed E-state index contributed by atoms with van der Waals surface area (Å²) < 4.78 is 5.44. The Kier molecular flexibility index (Phi) is 2.77. The molecule has 2 rings (SSSR count). The Hall–Kier alpha value is -0.570. The van der Waals surface area contributed by atoms with Gasteiger partial charge >= 0.3 is 5.97 Å². The Bertz CT molecular complexity index is 215. The number of ether oxygens (including phenoxy) is 1. The number of fused-ring (bicyclic) bond motifs is 2. The molecular formula is C11H19NO2. The molecule has 1 saturated carbocycles. The molecule has 1 aliphatic carbocycles. The summed E-state index contributed by atoms with van der Waals surface area (Å²) in [6.45, 7) is 3.71. The molecule has 1 saturated heterocycles. The van der Waals surface area contributed by atoms with Crippen LogP contribution in [0.3, 0.4) is 0 Å². The number of likely N-dealkylation sites (tertiary alicyclic amines) is 1. The summed E-state index contributed by atoms with van der Waals surface area (Å²) in [5, 5.41) is 0. The molecule has 80 valence electrons. The van der Waals surface area contributed by atoms with Crippen molar-refractivity contribution in [1.29, 1.82) is 0 Å². The van der Waals surface area contributed by atoms with Crippen molar-refractivity contribution in [3.05, 3.63) is 0 Å². The largest absolute Gasteiger partial charge is 0.462 e. The van der Waals surface area contributed by atoms with Crippen molar-refractivity contribution in [2.45, 2.75) is 32.3 Å². The molecular weight excluding hydrogens is 178 g/mol. The molecule has 0 aromatic rings. The monoisotopic (exact) mass is 197 g/mol. The number of nitrogens with zero attached hydrogens (tertiary/aromatic N) is 1. The van der Waals surface area contributed by atoms with E-state index in [9.17, 15) is 4.79 Å². The topological polar surface area (TPSA) is 29.5 Å². The highest BCUT2D eigenvalue weighted by molar-refractivity contribution is 5.66. The SMILES string of the molecule is CC(=O)OC1[C@@H]2CCC[C@H]1CN(C)C2. The second kappa shape index (κ2) is 3.89. The van der Waals surface area contributed by atoms with Crippen molar-refractivity contribution >= 4 is 5.97 Å². The zero-order valence-electron chi connectivity index (χ0n) is 9.03. The predicted octanol–water partition coefficient (Wildman–Crippen LogP) is 1.28. The Morgan fingerprint density at radius 2 is 1.86 bits per heavy atom. The lowest BCUT2D eigenvalue weighted by Gasteiger charge is -2.45. The van der Waals surface area contributed by atoms with Crippen molar-refractivity contribution in [3.8, 4) is 0 Å². The molecule has 3 nitrogen and oxygen atoms in total. The molecule has 1 unspecified atom stereocenters. The molecule has 2 aliphatic rings. The number of carbonyl (C=O) groups excluding carboxylic acids is 1. The molecule has 1 heterocycles. The van der Waals surface area contributed by atoms with Crippen molar-refractivity contribution in [3.63, 3.8) is 0 Å². The molecule has 0 aromatic heterocycles. The summed E-state index contributed by atoms with van der Waals surface area (Å²) in [6, 6.07) is 0. The minimum Gasteiger partial charge on any atom is -0.462 e. The number of hydrogen-bond donors (Lipinski definition) is 0. The first-order valence-electron chi connectivity index (χ1n) is 5.52. The third-order valence-corrected chi connectivity index (χ3v) is 3.47. The van der Waals surface area contributed by atoms with Crippen LogP contribution < -0.4 is 0 Å². The van der Waals surface area contributed by atoms with Crippen LogP contribution in [0.2, 0.25) is 0 Å². The van der Waals surface area contributed by atoms with Crippen LogP contribution in [-0.4, -0.2) is 37.1 Å². The third-order valence-electron chi connectivity index (χ3n) is 3.47. The lowest BCUT2D eigenvalue weighted by Crippen LogP contribution is -2.51. The summed E-state index contributed by atoms with van der Waals surface area (Å²) in [6.07, 6.45) is 3.95. The van der Waals surface area contributed by atoms with Crippen molar-refractivity contribution in [2.75, 3.05) is 20.1 Å². The van der Waals surface area contributed by atoms with Gasteiger partial charge in [-0.05, 0) is 19.9 Å². The normalized spacial score (nSPS) is 38.0. The highest BCUT2D eigenvalue weighted by Gasteiger charge is 2.40. The summed E-state index contributed by atoms with van der Waals surface area (Å²) in [5.41, 5.74) is 0. The number of rotatable bonds is 1. The fourth-order valence-corrected chi connectivity index (χ4v) is 3.01. The first-order valence-corrected chi connectivity index (χ1v) is 5.52. The van der Waals surface area contributed by atoms with Crippen LogP contribution in [0.25, 0.3) is 0 Å². The Labute approximate surface area is 85.4 Å². The van der Waals surface area contributed by atoms with Gasteiger partial charge in [0.2, 0.25) is 0 Å². The predicted molar refractivity (Wildman–Crippen MR) is 53.9 cm³/mol. The zero-order chi connectivity index (χ0) is 10.1. The number of carbonyl (C=O) groups is 1. The average Bonchev–Trinajstić information content (AvgIpc) is 2.05. The molecule has 14 heavy (non-hydrogen) atoms. The van der Waals surface area contributed by atoms with Crippen LogP contribution in [0.1, 0.15) is 26.2 Å².